The molecule has 0 aliphatic rings. The van der Waals surface area contributed by atoms with Gasteiger partial charge in [-0.2, -0.15) is 0 Å². The van der Waals surface area contributed by atoms with Crippen molar-refractivity contribution in [2.45, 2.75) is 24.3 Å². The molecule has 6 nitrogen and oxygen atoms in total. The van der Waals surface area contributed by atoms with Crippen molar-refractivity contribution in [3.05, 3.63) is 47.8 Å². The molecule has 0 saturated heterocycles. The van der Waals surface area contributed by atoms with Crippen molar-refractivity contribution in [3.63, 3.8) is 0 Å². The van der Waals surface area contributed by atoms with Crippen molar-refractivity contribution in [3.8, 4) is 5.75 Å². The van der Waals surface area contributed by atoms with Crippen LogP contribution in [0.2, 0.25) is 0 Å². The van der Waals surface area contributed by atoms with E-state index < -0.39 is 10.8 Å². The molecule has 3 aromatic rings. The summed E-state index contributed by atoms with van der Waals surface area (Å²) >= 11 is 0. The van der Waals surface area contributed by atoms with Crippen LogP contribution in [0.3, 0.4) is 0 Å². The number of hydrogen-bond acceptors (Lipinski definition) is 5. The number of hydrogen-bond donors (Lipinski definition) is 0. The average molecular weight is 381 g/mol. The van der Waals surface area contributed by atoms with Gasteiger partial charge in [0.25, 0.3) is 0 Å². The van der Waals surface area contributed by atoms with Gasteiger partial charge in [0.15, 0.2) is 0 Å². The number of rotatable bonds is 8. The number of fused-ring (bicyclic) bond motifs is 1. The van der Waals surface area contributed by atoms with Gasteiger partial charge in [0.05, 0.1) is 28.9 Å². The van der Waals surface area contributed by atoms with E-state index in [4.69, 9.17) is 9.47 Å². The third kappa shape index (κ3) is 5.37. The zero-order chi connectivity index (χ0) is 17.6. The van der Waals surface area contributed by atoms with E-state index in [-0.39, 0.29) is 35.3 Å². The molecule has 0 aliphatic carbocycles. The first kappa shape index (κ1) is 21.1. The van der Waals surface area contributed by atoms with Crippen LogP contribution in [0.4, 0.5) is 0 Å². The SMILES string of the molecule is COCCCOc1cc(CS(=O)c2nc3ccccc3[n-]2)ncc1C.[Na+]. The van der Waals surface area contributed by atoms with Gasteiger partial charge in [0.1, 0.15) is 5.75 Å². The van der Waals surface area contributed by atoms with Crippen LogP contribution < -0.4 is 39.3 Å². The number of benzene rings is 1. The van der Waals surface area contributed by atoms with Gasteiger partial charge in [0, 0.05) is 43.1 Å². The van der Waals surface area contributed by atoms with Gasteiger partial charge >= 0.3 is 29.6 Å². The molecule has 2 aromatic heterocycles. The van der Waals surface area contributed by atoms with Crippen molar-refractivity contribution in [1.82, 2.24) is 15.0 Å². The standard InChI is InChI=1S/C18H20N3O3S.Na/c1-13-11-19-14(10-17(13)24-9-5-8-23-2)12-25(22)18-20-15-6-3-4-7-16(15)21-18;/h3-4,6-7,10-11H,5,8-9,12H2,1-2H3;/q-1;+1. The van der Waals surface area contributed by atoms with E-state index in [0.29, 0.717) is 24.1 Å². The molecule has 0 amide bonds. The van der Waals surface area contributed by atoms with Crippen molar-refractivity contribution in [1.29, 1.82) is 0 Å². The summed E-state index contributed by atoms with van der Waals surface area (Å²) in [4.78, 5) is 13.0. The predicted octanol–water partition coefficient (Wildman–Crippen LogP) is -0.377. The van der Waals surface area contributed by atoms with Crippen LogP contribution in [0, 0.1) is 6.92 Å². The molecule has 1 unspecified atom stereocenters. The number of ether oxygens (including phenoxy) is 2. The molecule has 0 radical (unpaired) electrons. The Bertz CT molecular complexity index is 852. The van der Waals surface area contributed by atoms with E-state index >= 15 is 0 Å². The van der Waals surface area contributed by atoms with Crippen LogP contribution in [-0.2, 0) is 21.3 Å². The summed E-state index contributed by atoms with van der Waals surface area (Å²) < 4.78 is 23.3. The third-order valence-electron chi connectivity index (χ3n) is 3.66. The normalized spacial score (nSPS) is 11.9. The molecule has 1 aromatic carbocycles. The Hall–Kier alpha value is -1.25. The number of imidazole rings is 1. The molecule has 0 aliphatic heterocycles. The Labute approximate surface area is 177 Å². The topological polar surface area (TPSA) is 75.4 Å². The van der Waals surface area contributed by atoms with E-state index in [1.54, 1.807) is 13.3 Å². The number of para-hydroxylation sites is 2. The molecular weight excluding hydrogens is 361 g/mol. The number of nitrogens with zero attached hydrogens (tertiary/aromatic N) is 3. The Kier molecular flexibility index (Phi) is 8.24. The van der Waals surface area contributed by atoms with Crippen LogP contribution in [0.15, 0.2) is 41.7 Å². The van der Waals surface area contributed by atoms with E-state index in [9.17, 15) is 4.21 Å². The van der Waals surface area contributed by atoms with Gasteiger partial charge in [-0.3, -0.25) is 9.19 Å². The van der Waals surface area contributed by atoms with Crippen molar-refractivity contribution >= 4 is 21.8 Å². The third-order valence-corrected chi connectivity index (χ3v) is 4.81. The molecule has 26 heavy (non-hydrogen) atoms. The van der Waals surface area contributed by atoms with Crippen LogP contribution in [0.25, 0.3) is 11.0 Å². The molecule has 0 bridgehead atoms. The van der Waals surface area contributed by atoms with Crippen molar-refractivity contribution in [2.75, 3.05) is 20.3 Å². The second kappa shape index (κ2) is 10.2. The summed E-state index contributed by atoms with van der Waals surface area (Å²) in [6.07, 6.45) is 2.55. The second-order valence-corrected chi connectivity index (χ2v) is 6.97. The average Bonchev–Trinajstić information content (AvgIpc) is 3.05. The maximum atomic E-state index is 12.6. The molecule has 0 spiro atoms. The Morgan fingerprint density at radius 1 is 1.23 bits per heavy atom. The summed E-state index contributed by atoms with van der Waals surface area (Å²) in [7, 11) is 0.316. The first-order chi connectivity index (χ1) is 12.2. The minimum Gasteiger partial charge on any atom is -0.493 e. The maximum Gasteiger partial charge on any atom is 1.00 e. The monoisotopic (exact) mass is 381 g/mol. The summed E-state index contributed by atoms with van der Waals surface area (Å²) in [6.45, 7) is 3.16. The predicted molar refractivity (Wildman–Crippen MR) is 96.1 cm³/mol. The molecule has 0 saturated carbocycles. The van der Waals surface area contributed by atoms with Crippen LogP contribution >= 0.6 is 0 Å². The second-order valence-electron chi connectivity index (χ2n) is 5.62. The maximum absolute atomic E-state index is 12.6. The summed E-state index contributed by atoms with van der Waals surface area (Å²) in [6, 6.07) is 9.33. The first-order valence-electron chi connectivity index (χ1n) is 8.02. The fourth-order valence-electron chi connectivity index (χ4n) is 2.35. The number of methoxy groups -OCH3 is 1. The van der Waals surface area contributed by atoms with E-state index in [2.05, 4.69) is 15.0 Å². The fourth-order valence-corrected chi connectivity index (χ4v) is 3.31. The van der Waals surface area contributed by atoms with Crippen LogP contribution in [0.5, 0.6) is 5.75 Å². The van der Waals surface area contributed by atoms with Crippen LogP contribution in [0.1, 0.15) is 17.7 Å². The molecule has 8 heteroatoms. The number of aromatic nitrogens is 3. The molecular formula is C18H20N3NaO3S. The summed E-state index contributed by atoms with van der Waals surface area (Å²) in [5.74, 6) is 1.01. The van der Waals surface area contributed by atoms with Crippen molar-refractivity contribution < 1.29 is 43.2 Å². The smallest absolute Gasteiger partial charge is 0.493 e. The largest absolute Gasteiger partial charge is 1.00 e. The Morgan fingerprint density at radius 2 is 2.04 bits per heavy atom. The Morgan fingerprint density at radius 3 is 2.81 bits per heavy atom. The van der Waals surface area contributed by atoms with E-state index in [0.717, 1.165) is 28.8 Å². The van der Waals surface area contributed by atoms with Gasteiger partial charge < -0.3 is 19.4 Å². The van der Waals surface area contributed by atoms with Gasteiger partial charge in [-0.15, -0.1) is 0 Å². The zero-order valence-electron chi connectivity index (χ0n) is 15.3. The molecule has 0 N–H and O–H groups in total. The van der Waals surface area contributed by atoms with Crippen molar-refractivity contribution in [2.24, 2.45) is 0 Å². The van der Waals surface area contributed by atoms with Gasteiger partial charge in [-0.1, -0.05) is 24.3 Å². The quantitative estimate of drug-likeness (QED) is 0.391. The van der Waals surface area contributed by atoms with Gasteiger partial charge in [0.2, 0.25) is 0 Å². The molecule has 0 fully saturated rings. The minimum atomic E-state index is -1.35. The van der Waals surface area contributed by atoms with E-state index in [1.165, 1.54) is 0 Å². The van der Waals surface area contributed by atoms with E-state index in [1.807, 2.05) is 37.3 Å². The summed E-state index contributed by atoms with van der Waals surface area (Å²) in [5, 5.41) is 0.339. The number of aryl methyl sites for hydroxylation is 1. The number of pyridine rings is 1. The fraction of sp³-hybridized carbons (Fsp3) is 0.333. The molecule has 1 atom stereocenters. The zero-order valence-corrected chi connectivity index (χ0v) is 18.1. The molecule has 3 rings (SSSR count). The minimum absolute atomic E-state index is 0. The van der Waals surface area contributed by atoms with Gasteiger partial charge in [-0.05, 0) is 18.0 Å². The first-order valence-corrected chi connectivity index (χ1v) is 9.34. The Balaban J connectivity index is 0.00000243. The molecule has 2 heterocycles. The summed E-state index contributed by atoms with van der Waals surface area (Å²) in [5.41, 5.74) is 3.15. The van der Waals surface area contributed by atoms with Crippen LogP contribution in [-0.4, -0.2) is 34.5 Å². The molecule has 132 valence electrons. The van der Waals surface area contributed by atoms with Gasteiger partial charge in [-0.25, -0.2) is 0 Å².